The highest BCUT2D eigenvalue weighted by molar-refractivity contribution is 5.91. The van der Waals surface area contributed by atoms with Crippen LogP contribution in [0.25, 0.3) is 0 Å². The maximum atomic E-state index is 11.7. The van der Waals surface area contributed by atoms with E-state index in [0.29, 0.717) is 5.76 Å². The predicted molar refractivity (Wildman–Crippen MR) is 58.8 cm³/mol. The molecule has 0 saturated carbocycles. The number of nitrogens with one attached hydrogen (secondary N) is 1. The number of furan rings is 1. The van der Waals surface area contributed by atoms with E-state index in [1.807, 2.05) is 25.1 Å². The first-order valence-corrected chi connectivity index (χ1v) is 5.02. The molecule has 0 bridgehead atoms. The topological polar surface area (TPSA) is 55.1 Å². The van der Waals surface area contributed by atoms with E-state index in [4.69, 9.17) is 4.42 Å². The van der Waals surface area contributed by atoms with Crippen molar-refractivity contribution in [2.24, 2.45) is 0 Å². The molecule has 0 saturated heterocycles. The van der Waals surface area contributed by atoms with Crippen molar-refractivity contribution < 1.29 is 9.21 Å². The third-order valence-electron chi connectivity index (χ3n) is 2.22. The summed E-state index contributed by atoms with van der Waals surface area (Å²) in [5.41, 5.74) is 0.822. The van der Waals surface area contributed by atoms with Gasteiger partial charge in [0, 0.05) is 6.20 Å². The lowest BCUT2D eigenvalue weighted by molar-refractivity contribution is 0.0911. The number of amides is 1. The highest BCUT2D eigenvalue weighted by Gasteiger charge is 2.13. The zero-order valence-corrected chi connectivity index (χ0v) is 8.88. The van der Waals surface area contributed by atoms with Crippen LogP contribution in [0.4, 0.5) is 0 Å². The van der Waals surface area contributed by atoms with E-state index in [-0.39, 0.29) is 11.9 Å². The van der Waals surface area contributed by atoms with Gasteiger partial charge in [0.1, 0.15) is 0 Å². The number of carbonyl (C=O) groups is 1. The summed E-state index contributed by atoms with van der Waals surface area (Å²) < 4.78 is 5.00. The molecule has 1 amide bonds. The first kappa shape index (κ1) is 10.4. The molecule has 2 aromatic heterocycles. The van der Waals surface area contributed by atoms with Crippen LogP contribution in [0.1, 0.15) is 29.2 Å². The maximum Gasteiger partial charge on any atom is 0.287 e. The van der Waals surface area contributed by atoms with E-state index >= 15 is 0 Å². The molecule has 0 aliphatic heterocycles. The molecule has 2 rings (SSSR count). The second-order valence-electron chi connectivity index (χ2n) is 3.43. The number of hydrogen-bond acceptors (Lipinski definition) is 3. The van der Waals surface area contributed by atoms with Gasteiger partial charge in [-0.1, -0.05) is 6.07 Å². The Hall–Kier alpha value is -2.10. The van der Waals surface area contributed by atoms with Gasteiger partial charge in [0.15, 0.2) is 5.76 Å². The normalized spacial score (nSPS) is 12.1. The second kappa shape index (κ2) is 4.61. The lowest BCUT2D eigenvalue weighted by Gasteiger charge is -2.11. The first-order chi connectivity index (χ1) is 7.77. The number of aromatic nitrogens is 1. The Morgan fingerprint density at radius 2 is 2.25 bits per heavy atom. The smallest absolute Gasteiger partial charge is 0.287 e. The van der Waals surface area contributed by atoms with Crippen LogP contribution in [0.15, 0.2) is 47.2 Å². The van der Waals surface area contributed by atoms with Crippen molar-refractivity contribution in [3.8, 4) is 0 Å². The van der Waals surface area contributed by atoms with Gasteiger partial charge in [-0.3, -0.25) is 9.78 Å². The Morgan fingerprint density at radius 3 is 2.88 bits per heavy atom. The summed E-state index contributed by atoms with van der Waals surface area (Å²) in [4.78, 5) is 15.8. The van der Waals surface area contributed by atoms with Gasteiger partial charge in [-0.25, -0.2) is 0 Å². The Kier molecular flexibility index (Phi) is 3.00. The molecule has 4 nitrogen and oxygen atoms in total. The number of nitrogens with zero attached hydrogens (tertiary/aromatic N) is 1. The number of pyridine rings is 1. The molecule has 1 N–H and O–H groups in total. The molecular weight excluding hydrogens is 204 g/mol. The Balaban J connectivity index is 2.03. The van der Waals surface area contributed by atoms with Crippen molar-refractivity contribution in [3.05, 3.63) is 54.2 Å². The van der Waals surface area contributed by atoms with Crippen molar-refractivity contribution in [1.82, 2.24) is 10.3 Å². The number of hydrogen-bond donors (Lipinski definition) is 1. The van der Waals surface area contributed by atoms with Crippen LogP contribution in [-0.4, -0.2) is 10.9 Å². The standard InChI is InChI=1S/C12H12N2O2/c1-9(10-5-2-3-7-13-10)14-12(15)11-6-4-8-16-11/h2-9H,1H3,(H,14,15). The monoisotopic (exact) mass is 216 g/mol. The fourth-order valence-electron chi connectivity index (χ4n) is 1.38. The molecule has 0 aromatic carbocycles. The maximum absolute atomic E-state index is 11.7. The lowest BCUT2D eigenvalue weighted by atomic mass is 10.2. The fraction of sp³-hybridized carbons (Fsp3) is 0.167. The molecule has 0 aliphatic carbocycles. The van der Waals surface area contributed by atoms with Crippen LogP contribution in [-0.2, 0) is 0 Å². The summed E-state index contributed by atoms with van der Waals surface area (Å²) in [5, 5.41) is 2.80. The van der Waals surface area contributed by atoms with E-state index in [1.54, 1.807) is 18.3 Å². The molecule has 16 heavy (non-hydrogen) atoms. The van der Waals surface area contributed by atoms with Gasteiger partial charge in [0.2, 0.25) is 0 Å². The van der Waals surface area contributed by atoms with E-state index in [9.17, 15) is 4.79 Å². The van der Waals surface area contributed by atoms with E-state index in [1.165, 1.54) is 6.26 Å². The van der Waals surface area contributed by atoms with Crippen LogP contribution >= 0.6 is 0 Å². The average molecular weight is 216 g/mol. The van der Waals surface area contributed by atoms with Crippen molar-refractivity contribution in [1.29, 1.82) is 0 Å². The summed E-state index contributed by atoms with van der Waals surface area (Å²) >= 11 is 0. The summed E-state index contributed by atoms with van der Waals surface area (Å²) in [6.07, 6.45) is 3.17. The van der Waals surface area contributed by atoms with Gasteiger partial charge >= 0.3 is 0 Å². The molecule has 1 atom stereocenters. The molecule has 2 aromatic rings. The highest BCUT2D eigenvalue weighted by Crippen LogP contribution is 2.09. The van der Waals surface area contributed by atoms with Gasteiger partial charge in [-0.05, 0) is 31.2 Å². The van der Waals surface area contributed by atoms with Crippen LogP contribution in [0.5, 0.6) is 0 Å². The van der Waals surface area contributed by atoms with E-state index in [2.05, 4.69) is 10.3 Å². The second-order valence-corrected chi connectivity index (χ2v) is 3.43. The van der Waals surface area contributed by atoms with E-state index < -0.39 is 0 Å². The summed E-state index contributed by atoms with van der Waals surface area (Å²) in [6, 6.07) is 8.76. The average Bonchev–Trinajstić information content (AvgIpc) is 2.83. The minimum absolute atomic E-state index is 0.140. The molecule has 0 aliphatic rings. The van der Waals surface area contributed by atoms with Gasteiger partial charge < -0.3 is 9.73 Å². The van der Waals surface area contributed by atoms with Crippen molar-refractivity contribution in [3.63, 3.8) is 0 Å². The molecular formula is C12H12N2O2. The largest absolute Gasteiger partial charge is 0.459 e. The van der Waals surface area contributed by atoms with Crippen LogP contribution in [0.2, 0.25) is 0 Å². The molecule has 0 fully saturated rings. The Bertz CT molecular complexity index is 451. The van der Waals surface area contributed by atoms with Crippen LogP contribution < -0.4 is 5.32 Å². The summed E-state index contributed by atoms with van der Waals surface area (Å²) in [6.45, 7) is 1.88. The molecule has 0 radical (unpaired) electrons. The van der Waals surface area contributed by atoms with Crippen LogP contribution in [0.3, 0.4) is 0 Å². The zero-order chi connectivity index (χ0) is 11.4. The molecule has 82 valence electrons. The minimum Gasteiger partial charge on any atom is -0.459 e. The predicted octanol–water partition coefficient (Wildman–Crippen LogP) is 2.17. The third-order valence-corrected chi connectivity index (χ3v) is 2.22. The Labute approximate surface area is 93.3 Å². The zero-order valence-electron chi connectivity index (χ0n) is 8.88. The quantitative estimate of drug-likeness (QED) is 0.855. The molecule has 1 unspecified atom stereocenters. The summed E-state index contributed by atoms with van der Waals surface area (Å²) in [7, 11) is 0. The Morgan fingerprint density at radius 1 is 1.38 bits per heavy atom. The van der Waals surface area contributed by atoms with Gasteiger partial charge in [0.05, 0.1) is 18.0 Å². The van der Waals surface area contributed by atoms with Gasteiger partial charge in [-0.15, -0.1) is 0 Å². The number of rotatable bonds is 3. The third kappa shape index (κ3) is 2.28. The SMILES string of the molecule is CC(NC(=O)c1ccco1)c1ccccn1. The number of carbonyl (C=O) groups excluding carboxylic acids is 1. The first-order valence-electron chi connectivity index (χ1n) is 5.02. The van der Waals surface area contributed by atoms with Gasteiger partial charge in [0.25, 0.3) is 5.91 Å². The van der Waals surface area contributed by atoms with Crippen LogP contribution in [0, 0.1) is 0 Å². The molecule has 4 heteroatoms. The summed E-state index contributed by atoms with van der Waals surface area (Å²) in [5.74, 6) is 0.0749. The van der Waals surface area contributed by atoms with E-state index in [0.717, 1.165) is 5.69 Å². The van der Waals surface area contributed by atoms with Crippen molar-refractivity contribution in [2.75, 3.05) is 0 Å². The van der Waals surface area contributed by atoms with Crippen molar-refractivity contribution in [2.45, 2.75) is 13.0 Å². The molecule has 0 spiro atoms. The van der Waals surface area contributed by atoms with Gasteiger partial charge in [-0.2, -0.15) is 0 Å². The highest BCUT2D eigenvalue weighted by atomic mass is 16.3. The van der Waals surface area contributed by atoms with Crippen molar-refractivity contribution >= 4 is 5.91 Å². The lowest BCUT2D eigenvalue weighted by Crippen LogP contribution is -2.26. The molecule has 2 heterocycles. The fourth-order valence-corrected chi connectivity index (χ4v) is 1.38. The minimum atomic E-state index is -0.233.